The molecule has 3 rings (SSSR count). The number of carbonyl (C=O) groups is 2. The summed E-state index contributed by atoms with van der Waals surface area (Å²) in [5.41, 5.74) is 1.25. The summed E-state index contributed by atoms with van der Waals surface area (Å²) in [6, 6.07) is 5.68. The molecule has 2 amide bonds. The third-order valence-electron chi connectivity index (χ3n) is 3.67. The summed E-state index contributed by atoms with van der Waals surface area (Å²) < 4.78 is 0.640. The second kappa shape index (κ2) is 7.27. The predicted molar refractivity (Wildman–Crippen MR) is 98.2 cm³/mol. The molecule has 0 spiro atoms. The number of carboxylic acid groups (broad SMARTS) is 1. The molecule has 0 bridgehead atoms. The van der Waals surface area contributed by atoms with Crippen LogP contribution < -0.4 is 5.32 Å². The number of nitrogens with one attached hydrogen (secondary N) is 1. The van der Waals surface area contributed by atoms with Gasteiger partial charge in [0, 0.05) is 22.4 Å². The Bertz CT molecular complexity index is 910. The van der Waals surface area contributed by atoms with E-state index >= 15 is 0 Å². The van der Waals surface area contributed by atoms with Gasteiger partial charge in [0.2, 0.25) is 5.91 Å². The SMILES string of the molecule is N#Cc1c(NC(=O)C=Cc2ccc(Cl)s2)sc2c1CCN(C(=O)O)C2. The molecule has 0 unspecified atom stereocenters. The minimum absolute atomic E-state index is 0.240. The van der Waals surface area contributed by atoms with Crippen LogP contribution in [0.25, 0.3) is 6.08 Å². The number of carbonyl (C=O) groups excluding carboxylic acids is 1. The van der Waals surface area contributed by atoms with Crippen LogP contribution in [0.5, 0.6) is 0 Å². The number of halogens is 1. The predicted octanol–water partition coefficient (Wildman–Crippen LogP) is 4.02. The van der Waals surface area contributed by atoms with Crippen LogP contribution >= 0.6 is 34.3 Å². The standard InChI is InChI=1S/C16H12ClN3O3S2/c17-13-3-1-9(24-13)2-4-14(21)19-15-11(7-18)10-5-6-20(16(22)23)8-12(10)25-15/h1-4H,5-6,8H2,(H,19,21)(H,22,23). The third-order valence-corrected chi connectivity index (χ3v) is 6.00. The molecule has 9 heteroatoms. The van der Waals surface area contributed by atoms with Crippen LogP contribution in [-0.4, -0.2) is 28.6 Å². The van der Waals surface area contributed by atoms with E-state index in [1.165, 1.54) is 33.6 Å². The molecule has 1 aliphatic heterocycles. The van der Waals surface area contributed by atoms with Gasteiger partial charge in [-0.2, -0.15) is 5.26 Å². The molecule has 128 valence electrons. The number of thiophene rings is 2. The van der Waals surface area contributed by atoms with E-state index in [9.17, 15) is 14.9 Å². The van der Waals surface area contributed by atoms with Gasteiger partial charge in [-0.05, 0) is 30.2 Å². The maximum absolute atomic E-state index is 12.1. The van der Waals surface area contributed by atoms with E-state index in [1.54, 1.807) is 12.1 Å². The van der Waals surface area contributed by atoms with Crippen molar-refractivity contribution in [3.05, 3.63) is 43.4 Å². The summed E-state index contributed by atoms with van der Waals surface area (Å²) in [6.45, 7) is 0.587. The van der Waals surface area contributed by atoms with Crippen molar-refractivity contribution in [2.45, 2.75) is 13.0 Å². The first-order valence-electron chi connectivity index (χ1n) is 7.25. The first-order valence-corrected chi connectivity index (χ1v) is 9.26. The van der Waals surface area contributed by atoms with E-state index in [1.807, 2.05) is 6.07 Å². The lowest BCUT2D eigenvalue weighted by Gasteiger charge is -2.23. The Kier molecular flexibility index (Phi) is 5.08. The minimum atomic E-state index is -0.985. The molecule has 2 N–H and O–H groups in total. The van der Waals surface area contributed by atoms with Crippen LogP contribution in [0.1, 0.15) is 20.9 Å². The topological polar surface area (TPSA) is 93.4 Å². The third kappa shape index (κ3) is 3.85. The Balaban J connectivity index is 1.77. The van der Waals surface area contributed by atoms with Crippen LogP contribution in [0, 0.1) is 11.3 Å². The smallest absolute Gasteiger partial charge is 0.407 e. The zero-order chi connectivity index (χ0) is 18.0. The quantitative estimate of drug-likeness (QED) is 0.770. The molecular weight excluding hydrogens is 382 g/mol. The fourth-order valence-corrected chi connectivity index (χ4v) is 4.68. The van der Waals surface area contributed by atoms with Crippen molar-refractivity contribution in [1.29, 1.82) is 5.26 Å². The first-order chi connectivity index (χ1) is 12.0. The monoisotopic (exact) mass is 393 g/mol. The van der Waals surface area contributed by atoms with E-state index in [2.05, 4.69) is 11.4 Å². The first kappa shape index (κ1) is 17.5. The number of amides is 2. The molecule has 0 atom stereocenters. The van der Waals surface area contributed by atoms with Crippen molar-refractivity contribution in [2.24, 2.45) is 0 Å². The lowest BCUT2D eigenvalue weighted by atomic mass is 10.0. The van der Waals surface area contributed by atoms with Gasteiger partial charge in [-0.1, -0.05) is 11.6 Å². The normalized spacial score (nSPS) is 13.5. The van der Waals surface area contributed by atoms with E-state index < -0.39 is 6.09 Å². The summed E-state index contributed by atoms with van der Waals surface area (Å²) in [5.74, 6) is -0.352. The molecule has 0 saturated heterocycles. The summed E-state index contributed by atoms with van der Waals surface area (Å²) >= 11 is 8.45. The summed E-state index contributed by atoms with van der Waals surface area (Å²) in [4.78, 5) is 26.2. The van der Waals surface area contributed by atoms with Crippen molar-refractivity contribution in [1.82, 2.24) is 4.90 Å². The van der Waals surface area contributed by atoms with Crippen molar-refractivity contribution in [3.63, 3.8) is 0 Å². The highest BCUT2D eigenvalue weighted by Crippen LogP contribution is 2.36. The van der Waals surface area contributed by atoms with E-state index in [0.29, 0.717) is 27.9 Å². The number of nitriles is 1. The van der Waals surface area contributed by atoms with E-state index in [-0.39, 0.29) is 12.5 Å². The Morgan fingerprint density at radius 1 is 1.40 bits per heavy atom. The molecule has 1 aliphatic rings. The molecule has 3 heterocycles. The van der Waals surface area contributed by atoms with Crippen LogP contribution in [0.15, 0.2) is 18.2 Å². The Labute approximate surface area is 156 Å². The van der Waals surface area contributed by atoms with Crippen molar-refractivity contribution in [2.75, 3.05) is 11.9 Å². The van der Waals surface area contributed by atoms with Crippen molar-refractivity contribution < 1.29 is 14.7 Å². The fourth-order valence-electron chi connectivity index (χ4n) is 2.50. The number of hydrogen-bond acceptors (Lipinski definition) is 5. The molecule has 0 fully saturated rings. The molecule has 25 heavy (non-hydrogen) atoms. The zero-order valence-electron chi connectivity index (χ0n) is 12.8. The van der Waals surface area contributed by atoms with Gasteiger partial charge in [0.1, 0.15) is 11.1 Å². The summed E-state index contributed by atoms with van der Waals surface area (Å²) in [6.07, 6.45) is 2.52. The molecule has 6 nitrogen and oxygen atoms in total. The molecular formula is C16H12ClN3O3S2. The molecule has 0 aliphatic carbocycles. The number of rotatable bonds is 3. The highest BCUT2D eigenvalue weighted by molar-refractivity contribution is 7.17. The van der Waals surface area contributed by atoms with E-state index in [4.69, 9.17) is 16.7 Å². The number of anilines is 1. The second-order valence-corrected chi connectivity index (χ2v) is 8.09. The zero-order valence-corrected chi connectivity index (χ0v) is 15.2. The average molecular weight is 394 g/mol. The number of fused-ring (bicyclic) bond motifs is 1. The minimum Gasteiger partial charge on any atom is -0.465 e. The largest absolute Gasteiger partial charge is 0.465 e. The van der Waals surface area contributed by atoms with Gasteiger partial charge in [-0.3, -0.25) is 4.79 Å². The van der Waals surface area contributed by atoms with Crippen LogP contribution in [0.4, 0.5) is 9.80 Å². The van der Waals surface area contributed by atoms with Crippen LogP contribution in [-0.2, 0) is 17.8 Å². The van der Waals surface area contributed by atoms with Gasteiger partial charge < -0.3 is 15.3 Å². The number of hydrogen-bond donors (Lipinski definition) is 2. The van der Waals surface area contributed by atoms with Gasteiger partial charge in [0.15, 0.2) is 0 Å². The Morgan fingerprint density at radius 2 is 2.20 bits per heavy atom. The second-order valence-electron chi connectivity index (χ2n) is 5.24. The summed E-state index contributed by atoms with van der Waals surface area (Å²) in [7, 11) is 0. The van der Waals surface area contributed by atoms with Crippen LogP contribution in [0.2, 0.25) is 4.34 Å². The van der Waals surface area contributed by atoms with Gasteiger partial charge in [0.25, 0.3) is 0 Å². The Morgan fingerprint density at radius 3 is 2.84 bits per heavy atom. The highest BCUT2D eigenvalue weighted by Gasteiger charge is 2.27. The van der Waals surface area contributed by atoms with E-state index in [0.717, 1.165) is 15.3 Å². The molecule has 2 aromatic rings. The maximum Gasteiger partial charge on any atom is 0.407 e. The van der Waals surface area contributed by atoms with Gasteiger partial charge in [0.05, 0.1) is 16.4 Å². The van der Waals surface area contributed by atoms with Crippen molar-refractivity contribution >= 4 is 57.4 Å². The number of nitrogens with zero attached hydrogens (tertiary/aromatic N) is 2. The fraction of sp³-hybridized carbons (Fsp3) is 0.188. The van der Waals surface area contributed by atoms with Crippen molar-refractivity contribution in [3.8, 4) is 6.07 Å². The maximum atomic E-state index is 12.1. The highest BCUT2D eigenvalue weighted by atomic mass is 35.5. The molecule has 0 aromatic carbocycles. The van der Waals surface area contributed by atoms with Gasteiger partial charge in [-0.25, -0.2) is 4.79 Å². The van der Waals surface area contributed by atoms with Gasteiger partial charge >= 0.3 is 6.09 Å². The molecule has 0 radical (unpaired) electrons. The lowest BCUT2D eigenvalue weighted by molar-refractivity contribution is -0.111. The average Bonchev–Trinajstić information content (AvgIpc) is 3.14. The lowest BCUT2D eigenvalue weighted by Crippen LogP contribution is -2.34. The summed E-state index contributed by atoms with van der Waals surface area (Å²) in [5, 5.41) is 21.7. The van der Waals surface area contributed by atoms with Gasteiger partial charge in [-0.15, -0.1) is 22.7 Å². The van der Waals surface area contributed by atoms with Crippen LogP contribution in [0.3, 0.4) is 0 Å². The molecule has 0 saturated carbocycles. The Hall–Kier alpha value is -2.34. The molecule has 2 aromatic heterocycles.